The normalized spacial score (nSPS) is 29.4. The number of ether oxygens (including phenoxy) is 2. The van der Waals surface area contributed by atoms with Crippen molar-refractivity contribution in [2.45, 2.75) is 32.3 Å². The maximum atomic E-state index is 11.8. The lowest BCUT2D eigenvalue weighted by atomic mass is 10.1. The van der Waals surface area contributed by atoms with Crippen LogP contribution in [0.3, 0.4) is 0 Å². The summed E-state index contributed by atoms with van der Waals surface area (Å²) < 4.78 is 10.6. The number of hydrogen-bond donors (Lipinski definition) is 1. The Labute approximate surface area is 96.0 Å². The van der Waals surface area contributed by atoms with Gasteiger partial charge in [-0.3, -0.25) is 4.79 Å². The van der Waals surface area contributed by atoms with E-state index in [0.717, 1.165) is 38.0 Å². The quantitative estimate of drug-likeness (QED) is 0.785. The second kappa shape index (κ2) is 5.34. The first-order valence-electron chi connectivity index (χ1n) is 5.96. The zero-order chi connectivity index (χ0) is 11.4. The molecule has 4 nitrogen and oxygen atoms in total. The maximum absolute atomic E-state index is 11.8. The van der Waals surface area contributed by atoms with Crippen molar-refractivity contribution in [2.24, 2.45) is 5.92 Å². The molecule has 2 rings (SSSR count). The molecule has 1 amide bonds. The number of nitrogens with one attached hydrogen (secondary N) is 1. The molecule has 2 heterocycles. The molecule has 0 aromatic heterocycles. The van der Waals surface area contributed by atoms with E-state index in [9.17, 15) is 4.79 Å². The SMILES string of the molecule is CC1CCC(C(=O)NCC2CCOC2)=CO1. The molecular formula is C12H19NO3. The molecule has 0 bridgehead atoms. The highest BCUT2D eigenvalue weighted by Gasteiger charge is 2.20. The second-order valence-corrected chi connectivity index (χ2v) is 4.57. The van der Waals surface area contributed by atoms with Crippen LogP contribution in [0.1, 0.15) is 26.2 Å². The Bertz CT molecular complexity index is 282. The van der Waals surface area contributed by atoms with E-state index in [1.54, 1.807) is 6.26 Å². The topological polar surface area (TPSA) is 47.6 Å². The third-order valence-electron chi connectivity index (χ3n) is 3.13. The molecule has 2 atom stereocenters. The highest BCUT2D eigenvalue weighted by atomic mass is 16.5. The van der Waals surface area contributed by atoms with E-state index in [-0.39, 0.29) is 12.0 Å². The van der Waals surface area contributed by atoms with E-state index in [1.807, 2.05) is 6.92 Å². The molecule has 0 aromatic rings. The maximum Gasteiger partial charge on any atom is 0.250 e. The van der Waals surface area contributed by atoms with Gasteiger partial charge in [0.05, 0.1) is 24.5 Å². The monoisotopic (exact) mass is 225 g/mol. The minimum Gasteiger partial charge on any atom is -0.498 e. The van der Waals surface area contributed by atoms with Crippen LogP contribution in [0.2, 0.25) is 0 Å². The molecule has 16 heavy (non-hydrogen) atoms. The average molecular weight is 225 g/mol. The van der Waals surface area contributed by atoms with Crippen molar-refractivity contribution in [3.8, 4) is 0 Å². The Balaban J connectivity index is 1.74. The van der Waals surface area contributed by atoms with Crippen molar-refractivity contribution in [1.82, 2.24) is 5.32 Å². The van der Waals surface area contributed by atoms with Crippen LogP contribution in [0.5, 0.6) is 0 Å². The fourth-order valence-electron chi connectivity index (χ4n) is 1.95. The molecule has 1 N–H and O–H groups in total. The molecule has 0 saturated carbocycles. The Morgan fingerprint density at radius 1 is 1.56 bits per heavy atom. The van der Waals surface area contributed by atoms with Gasteiger partial charge in [0.25, 0.3) is 0 Å². The molecule has 2 aliphatic rings. The minimum atomic E-state index is 0.0128. The number of carbonyl (C=O) groups is 1. The zero-order valence-electron chi connectivity index (χ0n) is 9.70. The van der Waals surface area contributed by atoms with Crippen LogP contribution in [0, 0.1) is 5.92 Å². The van der Waals surface area contributed by atoms with Crippen LogP contribution < -0.4 is 5.32 Å². The van der Waals surface area contributed by atoms with E-state index < -0.39 is 0 Å². The van der Waals surface area contributed by atoms with Gasteiger partial charge < -0.3 is 14.8 Å². The number of carbonyl (C=O) groups excluding carboxylic acids is 1. The van der Waals surface area contributed by atoms with Gasteiger partial charge in [-0.2, -0.15) is 0 Å². The minimum absolute atomic E-state index is 0.0128. The molecule has 2 aliphatic heterocycles. The summed E-state index contributed by atoms with van der Waals surface area (Å²) in [4.78, 5) is 11.8. The van der Waals surface area contributed by atoms with Crippen LogP contribution in [-0.4, -0.2) is 31.8 Å². The van der Waals surface area contributed by atoms with Gasteiger partial charge in [-0.1, -0.05) is 0 Å². The Morgan fingerprint density at radius 2 is 2.44 bits per heavy atom. The first-order chi connectivity index (χ1) is 7.75. The third kappa shape index (κ3) is 2.98. The lowest BCUT2D eigenvalue weighted by molar-refractivity contribution is -0.118. The molecule has 1 fully saturated rings. The van der Waals surface area contributed by atoms with Gasteiger partial charge in [0.15, 0.2) is 0 Å². The summed E-state index contributed by atoms with van der Waals surface area (Å²) in [5.74, 6) is 0.492. The van der Waals surface area contributed by atoms with Gasteiger partial charge in [0.1, 0.15) is 0 Å². The Hall–Kier alpha value is -1.03. The molecule has 0 radical (unpaired) electrons. The summed E-state index contributed by atoms with van der Waals surface area (Å²) in [6, 6.07) is 0. The fraction of sp³-hybridized carbons (Fsp3) is 0.750. The van der Waals surface area contributed by atoms with Crippen molar-refractivity contribution in [2.75, 3.05) is 19.8 Å². The van der Waals surface area contributed by atoms with E-state index in [2.05, 4.69) is 5.32 Å². The summed E-state index contributed by atoms with van der Waals surface area (Å²) in [6.07, 6.45) is 4.63. The molecule has 0 aliphatic carbocycles. The van der Waals surface area contributed by atoms with Crippen LogP contribution in [0.15, 0.2) is 11.8 Å². The number of rotatable bonds is 3. The predicted molar refractivity (Wildman–Crippen MR) is 59.8 cm³/mol. The van der Waals surface area contributed by atoms with E-state index >= 15 is 0 Å². The van der Waals surface area contributed by atoms with Crippen molar-refractivity contribution < 1.29 is 14.3 Å². The van der Waals surface area contributed by atoms with Crippen LogP contribution >= 0.6 is 0 Å². The molecule has 2 unspecified atom stereocenters. The first-order valence-corrected chi connectivity index (χ1v) is 5.96. The summed E-state index contributed by atoms with van der Waals surface area (Å²) in [5, 5.41) is 2.94. The van der Waals surface area contributed by atoms with Gasteiger partial charge in [0, 0.05) is 19.1 Å². The summed E-state index contributed by atoms with van der Waals surface area (Å²) in [6.45, 7) is 4.32. The summed E-state index contributed by atoms with van der Waals surface area (Å²) in [5.41, 5.74) is 0.761. The van der Waals surface area contributed by atoms with Gasteiger partial charge in [-0.25, -0.2) is 0 Å². The highest BCUT2D eigenvalue weighted by molar-refractivity contribution is 5.93. The smallest absolute Gasteiger partial charge is 0.250 e. The lowest BCUT2D eigenvalue weighted by Gasteiger charge is -2.19. The predicted octanol–water partition coefficient (Wildman–Crippen LogP) is 1.22. The summed E-state index contributed by atoms with van der Waals surface area (Å²) in [7, 11) is 0. The van der Waals surface area contributed by atoms with Gasteiger partial charge in [-0.05, 0) is 26.2 Å². The first kappa shape index (κ1) is 11.5. The lowest BCUT2D eigenvalue weighted by Crippen LogP contribution is -2.32. The second-order valence-electron chi connectivity index (χ2n) is 4.57. The van der Waals surface area contributed by atoms with Gasteiger partial charge in [0.2, 0.25) is 5.91 Å². The van der Waals surface area contributed by atoms with E-state index in [0.29, 0.717) is 12.5 Å². The highest BCUT2D eigenvalue weighted by Crippen LogP contribution is 2.17. The van der Waals surface area contributed by atoms with Crippen LogP contribution in [0.25, 0.3) is 0 Å². The number of hydrogen-bond acceptors (Lipinski definition) is 3. The van der Waals surface area contributed by atoms with Crippen molar-refractivity contribution >= 4 is 5.91 Å². The third-order valence-corrected chi connectivity index (χ3v) is 3.13. The molecule has 0 aromatic carbocycles. The standard InChI is InChI=1S/C12H19NO3/c1-9-2-3-11(8-16-9)12(14)13-6-10-4-5-15-7-10/h8-10H,2-7H2,1H3,(H,13,14). The van der Waals surface area contributed by atoms with Crippen LogP contribution in [-0.2, 0) is 14.3 Å². The molecule has 0 spiro atoms. The summed E-state index contributed by atoms with van der Waals surface area (Å²) >= 11 is 0. The largest absolute Gasteiger partial charge is 0.498 e. The molecule has 4 heteroatoms. The Kier molecular flexibility index (Phi) is 3.83. The van der Waals surface area contributed by atoms with Crippen LogP contribution in [0.4, 0.5) is 0 Å². The van der Waals surface area contributed by atoms with Crippen molar-refractivity contribution in [3.05, 3.63) is 11.8 Å². The van der Waals surface area contributed by atoms with Gasteiger partial charge in [-0.15, -0.1) is 0 Å². The number of amides is 1. The zero-order valence-corrected chi connectivity index (χ0v) is 9.70. The van der Waals surface area contributed by atoms with E-state index in [4.69, 9.17) is 9.47 Å². The van der Waals surface area contributed by atoms with E-state index in [1.165, 1.54) is 0 Å². The van der Waals surface area contributed by atoms with Crippen molar-refractivity contribution in [1.29, 1.82) is 0 Å². The van der Waals surface area contributed by atoms with Gasteiger partial charge >= 0.3 is 0 Å². The molecule has 90 valence electrons. The molecule has 1 saturated heterocycles. The fourth-order valence-corrected chi connectivity index (χ4v) is 1.95. The Morgan fingerprint density at radius 3 is 3.06 bits per heavy atom. The molecular weight excluding hydrogens is 206 g/mol. The average Bonchev–Trinajstić information content (AvgIpc) is 2.80. The van der Waals surface area contributed by atoms with Crippen molar-refractivity contribution in [3.63, 3.8) is 0 Å².